The van der Waals surface area contributed by atoms with Gasteiger partial charge in [-0.2, -0.15) is 0 Å². The highest BCUT2D eigenvalue weighted by Gasteiger charge is 2.27. The molecular weight excluding hydrogens is 278 g/mol. The fourth-order valence-electron chi connectivity index (χ4n) is 3.32. The van der Waals surface area contributed by atoms with Crippen molar-refractivity contribution in [3.05, 3.63) is 10.6 Å². The molecule has 0 bridgehead atoms. The molecule has 3 nitrogen and oxygen atoms in total. The zero-order valence-corrected chi connectivity index (χ0v) is 15.1. The van der Waals surface area contributed by atoms with E-state index in [0.29, 0.717) is 18.0 Å². The minimum atomic E-state index is 0.460. The van der Waals surface area contributed by atoms with Gasteiger partial charge in [-0.3, -0.25) is 0 Å². The van der Waals surface area contributed by atoms with Gasteiger partial charge in [-0.1, -0.05) is 27.7 Å². The first-order chi connectivity index (χ1) is 10.1. The fraction of sp³-hybridized carbons (Fsp3) is 0.824. The van der Waals surface area contributed by atoms with E-state index in [1.165, 1.54) is 47.8 Å². The van der Waals surface area contributed by atoms with E-state index in [1.807, 2.05) is 11.3 Å². The minimum Gasteiger partial charge on any atom is -0.345 e. The van der Waals surface area contributed by atoms with Crippen molar-refractivity contribution in [1.82, 2.24) is 10.3 Å². The molecule has 0 saturated carbocycles. The normalized spacial score (nSPS) is 18.3. The molecule has 0 saturated heterocycles. The Morgan fingerprint density at radius 2 is 2.05 bits per heavy atom. The number of aryl methyl sites for hydroxylation is 1. The standard InChI is InChI=1S/C17H31N3S/c1-6-13(7-2)20(11-12(3)4)17-19-16-14(18-5)9-8-10-15(16)21-17/h12-14,18H,6-11H2,1-5H3. The van der Waals surface area contributed by atoms with Gasteiger partial charge in [0.25, 0.3) is 0 Å². The third-order valence-corrected chi connectivity index (χ3v) is 5.65. The predicted molar refractivity (Wildman–Crippen MR) is 93.4 cm³/mol. The number of aromatic nitrogens is 1. The van der Waals surface area contributed by atoms with Gasteiger partial charge in [0.05, 0.1) is 11.7 Å². The van der Waals surface area contributed by atoms with Crippen molar-refractivity contribution in [1.29, 1.82) is 0 Å². The molecule has 1 N–H and O–H groups in total. The average Bonchev–Trinajstić information content (AvgIpc) is 2.90. The molecule has 120 valence electrons. The van der Waals surface area contributed by atoms with E-state index in [4.69, 9.17) is 4.98 Å². The molecule has 2 rings (SSSR count). The summed E-state index contributed by atoms with van der Waals surface area (Å²) in [6, 6.07) is 1.08. The quantitative estimate of drug-likeness (QED) is 0.809. The van der Waals surface area contributed by atoms with Crippen LogP contribution in [0.4, 0.5) is 5.13 Å². The SMILES string of the molecule is CCC(CC)N(CC(C)C)c1nc2c(s1)CCCC2NC. The number of nitrogens with zero attached hydrogens (tertiary/aromatic N) is 2. The van der Waals surface area contributed by atoms with Gasteiger partial charge in [-0.15, -0.1) is 11.3 Å². The van der Waals surface area contributed by atoms with Gasteiger partial charge in [0.15, 0.2) is 5.13 Å². The third kappa shape index (κ3) is 3.78. The van der Waals surface area contributed by atoms with E-state index in [-0.39, 0.29) is 0 Å². The Labute approximate surface area is 134 Å². The van der Waals surface area contributed by atoms with Crippen LogP contribution >= 0.6 is 11.3 Å². The smallest absolute Gasteiger partial charge is 0.186 e. The van der Waals surface area contributed by atoms with Gasteiger partial charge >= 0.3 is 0 Å². The largest absolute Gasteiger partial charge is 0.345 e. The summed E-state index contributed by atoms with van der Waals surface area (Å²) in [5, 5.41) is 4.69. The molecule has 1 aliphatic rings. The van der Waals surface area contributed by atoms with Crippen LogP contribution in [0.1, 0.15) is 70.0 Å². The summed E-state index contributed by atoms with van der Waals surface area (Å²) in [7, 11) is 2.06. The van der Waals surface area contributed by atoms with Crippen LogP contribution in [0.25, 0.3) is 0 Å². The van der Waals surface area contributed by atoms with Crippen molar-refractivity contribution in [3.8, 4) is 0 Å². The second-order valence-corrected chi connectivity index (χ2v) is 7.62. The Morgan fingerprint density at radius 3 is 2.62 bits per heavy atom. The monoisotopic (exact) mass is 309 g/mol. The molecule has 0 aliphatic heterocycles. The van der Waals surface area contributed by atoms with E-state index in [1.54, 1.807) is 0 Å². The molecule has 0 fully saturated rings. The summed E-state index contributed by atoms with van der Waals surface area (Å²) < 4.78 is 0. The number of anilines is 1. The summed E-state index contributed by atoms with van der Waals surface area (Å²) in [5.41, 5.74) is 1.32. The molecule has 1 unspecified atom stereocenters. The topological polar surface area (TPSA) is 28.2 Å². The van der Waals surface area contributed by atoms with Crippen LogP contribution in [-0.2, 0) is 6.42 Å². The second-order valence-electron chi connectivity index (χ2n) is 6.55. The lowest BCUT2D eigenvalue weighted by Gasteiger charge is -2.31. The molecule has 1 aromatic heterocycles. The first-order valence-electron chi connectivity index (χ1n) is 8.54. The predicted octanol–water partition coefficient (Wildman–Crippen LogP) is 4.39. The maximum Gasteiger partial charge on any atom is 0.186 e. The van der Waals surface area contributed by atoms with Crippen LogP contribution in [0.15, 0.2) is 0 Å². The number of hydrogen-bond donors (Lipinski definition) is 1. The molecular formula is C17H31N3S. The van der Waals surface area contributed by atoms with Crippen LogP contribution in [0.5, 0.6) is 0 Å². The molecule has 1 aromatic rings. The summed E-state index contributed by atoms with van der Waals surface area (Å²) in [4.78, 5) is 9.13. The van der Waals surface area contributed by atoms with Crippen LogP contribution in [0, 0.1) is 5.92 Å². The van der Waals surface area contributed by atoms with Gasteiger partial charge in [-0.05, 0) is 45.1 Å². The fourth-order valence-corrected chi connectivity index (χ4v) is 4.56. The lowest BCUT2D eigenvalue weighted by atomic mass is 9.98. The van der Waals surface area contributed by atoms with Crippen molar-refractivity contribution in [2.75, 3.05) is 18.5 Å². The Morgan fingerprint density at radius 1 is 1.33 bits per heavy atom. The van der Waals surface area contributed by atoms with Gasteiger partial charge in [0.1, 0.15) is 0 Å². The summed E-state index contributed by atoms with van der Waals surface area (Å²) in [6.45, 7) is 10.3. The number of fused-ring (bicyclic) bond motifs is 1. The highest BCUT2D eigenvalue weighted by molar-refractivity contribution is 7.15. The van der Waals surface area contributed by atoms with Gasteiger partial charge in [0, 0.05) is 17.5 Å². The van der Waals surface area contributed by atoms with Crippen molar-refractivity contribution in [2.24, 2.45) is 5.92 Å². The molecule has 1 heterocycles. The lowest BCUT2D eigenvalue weighted by molar-refractivity contribution is 0.484. The third-order valence-electron chi connectivity index (χ3n) is 4.48. The summed E-state index contributed by atoms with van der Waals surface area (Å²) in [5.74, 6) is 0.673. The zero-order valence-electron chi connectivity index (χ0n) is 14.3. The maximum atomic E-state index is 5.06. The molecule has 21 heavy (non-hydrogen) atoms. The Bertz CT molecular complexity index is 437. The average molecular weight is 310 g/mol. The molecule has 1 atom stereocenters. The van der Waals surface area contributed by atoms with Gasteiger partial charge in [0.2, 0.25) is 0 Å². The van der Waals surface area contributed by atoms with E-state index >= 15 is 0 Å². The minimum absolute atomic E-state index is 0.460. The summed E-state index contributed by atoms with van der Waals surface area (Å²) >= 11 is 1.94. The Kier molecular flexibility index (Phi) is 6.06. The summed E-state index contributed by atoms with van der Waals surface area (Å²) in [6.07, 6.45) is 6.12. The maximum absolute atomic E-state index is 5.06. The highest BCUT2D eigenvalue weighted by Crippen LogP contribution is 2.37. The van der Waals surface area contributed by atoms with Crippen molar-refractivity contribution in [3.63, 3.8) is 0 Å². The Balaban J connectivity index is 2.30. The van der Waals surface area contributed by atoms with Crippen LogP contribution in [-0.4, -0.2) is 24.6 Å². The van der Waals surface area contributed by atoms with E-state index in [2.05, 4.69) is 45.0 Å². The number of hydrogen-bond acceptors (Lipinski definition) is 4. The van der Waals surface area contributed by atoms with Crippen LogP contribution < -0.4 is 10.2 Å². The van der Waals surface area contributed by atoms with Crippen LogP contribution in [0.2, 0.25) is 0 Å². The molecule has 0 spiro atoms. The van der Waals surface area contributed by atoms with Gasteiger partial charge < -0.3 is 10.2 Å². The van der Waals surface area contributed by atoms with Gasteiger partial charge in [-0.25, -0.2) is 4.98 Å². The van der Waals surface area contributed by atoms with Crippen molar-refractivity contribution < 1.29 is 0 Å². The second kappa shape index (κ2) is 7.59. The highest BCUT2D eigenvalue weighted by atomic mass is 32.1. The first-order valence-corrected chi connectivity index (χ1v) is 9.35. The van der Waals surface area contributed by atoms with E-state index < -0.39 is 0 Å². The van der Waals surface area contributed by atoms with Crippen molar-refractivity contribution >= 4 is 16.5 Å². The van der Waals surface area contributed by atoms with E-state index in [0.717, 1.165) is 6.54 Å². The lowest BCUT2D eigenvalue weighted by Crippen LogP contribution is -2.37. The molecule has 0 amide bonds. The zero-order chi connectivity index (χ0) is 15.4. The molecule has 4 heteroatoms. The first kappa shape index (κ1) is 16.8. The molecule has 0 radical (unpaired) electrons. The number of nitrogens with one attached hydrogen (secondary N) is 1. The molecule has 1 aliphatic carbocycles. The Hall–Kier alpha value is -0.610. The number of rotatable bonds is 7. The van der Waals surface area contributed by atoms with Crippen LogP contribution in [0.3, 0.4) is 0 Å². The number of thiazole rings is 1. The molecule has 0 aromatic carbocycles. The van der Waals surface area contributed by atoms with Crippen molar-refractivity contribution in [2.45, 2.75) is 71.9 Å². The van der Waals surface area contributed by atoms with E-state index in [9.17, 15) is 0 Å².